The molecule has 0 aliphatic carbocycles. The topological polar surface area (TPSA) is 78.9 Å². The van der Waals surface area contributed by atoms with Gasteiger partial charge in [0.1, 0.15) is 25.5 Å². The molecule has 0 N–H and O–H groups in total. The zero-order valence-corrected chi connectivity index (χ0v) is 11.9. The Kier molecular flexibility index (Phi) is 8.83. The summed E-state index contributed by atoms with van der Waals surface area (Å²) >= 11 is 0. The minimum Gasteiger partial charge on any atom is -0.461 e. The lowest BCUT2D eigenvalue weighted by molar-refractivity contribution is -0.139. The van der Waals surface area contributed by atoms with E-state index < -0.39 is 31.6 Å². The van der Waals surface area contributed by atoms with Crippen LogP contribution in [0.4, 0.5) is 0 Å². The normalized spacial score (nSPS) is 10.6. The van der Waals surface area contributed by atoms with E-state index in [0.29, 0.717) is 0 Å². The molecule has 0 aromatic rings. The molecule has 0 unspecified atom stereocenters. The summed E-state index contributed by atoms with van der Waals surface area (Å²) < 4.78 is 26.8. The number of hydrogen-bond acceptors (Lipinski definition) is 6. The largest absolute Gasteiger partial charge is 0.461 e. The summed E-state index contributed by atoms with van der Waals surface area (Å²) in [6.07, 6.45) is 1.86. The second-order valence-electron chi connectivity index (χ2n) is 3.49. The van der Waals surface area contributed by atoms with Crippen molar-refractivity contribution in [1.82, 2.24) is 0 Å². The molecular weight excluding hydrogens is 271 g/mol. The van der Waals surface area contributed by atoms with Crippen molar-refractivity contribution in [2.24, 2.45) is 0 Å². The quantitative estimate of drug-likeness (QED) is 0.346. The molecule has 7 heteroatoms. The van der Waals surface area contributed by atoms with Gasteiger partial charge in [0, 0.05) is 0 Å². The minimum absolute atomic E-state index is 0.0197. The standard InChI is InChI=1S/C12H19O6P/c1-4-7-16-11(13)9-19(15,18-6-3)10-12(14)17-8-5-2/h4-5H,1-2,6-10H2,3H3. The van der Waals surface area contributed by atoms with Gasteiger partial charge in [-0.15, -0.1) is 0 Å². The molecule has 0 saturated carbocycles. The summed E-state index contributed by atoms with van der Waals surface area (Å²) in [5.41, 5.74) is 0. The van der Waals surface area contributed by atoms with Crippen molar-refractivity contribution in [3.05, 3.63) is 25.3 Å². The van der Waals surface area contributed by atoms with Crippen LogP contribution in [-0.2, 0) is 28.2 Å². The van der Waals surface area contributed by atoms with Crippen LogP contribution in [0, 0.1) is 0 Å². The Hall–Kier alpha value is -1.39. The molecule has 0 fully saturated rings. The van der Waals surface area contributed by atoms with Crippen molar-refractivity contribution >= 4 is 19.3 Å². The van der Waals surface area contributed by atoms with Gasteiger partial charge in [0.25, 0.3) is 0 Å². The van der Waals surface area contributed by atoms with Gasteiger partial charge in [-0.05, 0) is 6.92 Å². The summed E-state index contributed by atoms with van der Waals surface area (Å²) in [5.74, 6) is -1.40. The molecule has 0 radical (unpaired) electrons. The van der Waals surface area contributed by atoms with E-state index in [1.165, 1.54) is 12.2 Å². The summed E-state index contributed by atoms with van der Waals surface area (Å²) in [7, 11) is -3.43. The second-order valence-corrected chi connectivity index (χ2v) is 6.01. The van der Waals surface area contributed by atoms with Crippen molar-refractivity contribution < 1.29 is 28.2 Å². The van der Waals surface area contributed by atoms with Crippen LogP contribution in [0.1, 0.15) is 6.92 Å². The second kappa shape index (κ2) is 9.53. The van der Waals surface area contributed by atoms with Crippen molar-refractivity contribution in [3.8, 4) is 0 Å². The van der Waals surface area contributed by atoms with Crippen molar-refractivity contribution in [3.63, 3.8) is 0 Å². The van der Waals surface area contributed by atoms with E-state index in [0.717, 1.165) is 0 Å². The molecule has 0 saturated heterocycles. The fourth-order valence-electron chi connectivity index (χ4n) is 1.17. The van der Waals surface area contributed by atoms with Crippen molar-refractivity contribution in [1.29, 1.82) is 0 Å². The molecule has 19 heavy (non-hydrogen) atoms. The Bertz CT molecular complexity index is 346. The zero-order valence-electron chi connectivity index (χ0n) is 11.0. The smallest absolute Gasteiger partial charge is 0.315 e. The molecule has 0 amide bonds. The Balaban J connectivity index is 4.51. The zero-order chi connectivity index (χ0) is 14.7. The summed E-state index contributed by atoms with van der Waals surface area (Å²) in [4.78, 5) is 22.8. The molecule has 0 aliphatic rings. The van der Waals surface area contributed by atoms with Gasteiger partial charge in [-0.3, -0.25) is 14.2 Å². The van der Waals surface area contributed by atoms with E-state index in [2.05, 4.69) is 13.2 Å². The predicted octanol–water partition coefficient (Wildman–Crippen LogP) is 1.76. The molecular formula is C12H19O6P. The van der Waals surface area contributed by atoms with Crippen LogP contribution >= 0.6 is 7.37 Å². The van der Waals surface area contributed by atoms with Crippen LogP contribution in [0.2, 0.25) is 0 Å². The molecule has 0 aliphatic heterocycles. The van der Waals surface area contributed by atoms with Crippen LogP contribution in [0.5, 0.6) is 0 Å². The van der Waals surface area contributed by atoms with Gasteiger partial charge in [-0.1, -0.05) is 25.3 Å². The number of hydrogen-bond donors (Lipinski definition) is 0. The Morgan fingerprint density at radius 1 is 1.05 bits per heavy atom. The molecule has 0 heterocycles. The number of carbonyl (C=O) groups excluding carboxylic acids is 2. The van der Waals surface area contributed by atoms with Gasteiger partial charge >= 0.3 is 11.9 Å². The number of ether oxygens (including phenoxy) is 2. The highest BCUT2D eigenvalue weighted by Crippen LogP contribution is 2.46. The third kappa shape index (κ3) is 8.35. The fourth-order valence-corrected chi connectivity index (χ4v) is 2.91. The van der Waals surface area contributed by atoms with E-state index in [4.69, 9.17) is 14.0 Å². The van der Waals surface area contributed by atoms with Crippen LogP contribution in [0.15, 0.2) is 25.3 Å². The molecule has 0 rings (SSSR count). The van der Waals surface area contributed by atoms with Gasteiger partial charge in [0.05, 0.1) is 6.61 Å². The maximum atomic E-state index is 12.3. The highest BCUT2D eigenvalue weighted by molar-refractivity contribution is 7.60. The maximum absolute atomic E-state index is 12.3. The molecule has 108 valence electrons. The molecule has 0 spiro atoms. The minimum atomic E-state index is -3.43. The number of carbonyl (C=O) groups is 2. The molecule has 0 bridgehead atoms. The number of rotatable bonds is 10. The molecule has 0 atom stereocenters. The summed E-state index contributed by atoms with van der Waals surface area (Å²) in [6, 6.07) is 0. The van der Waals surface area contributed by atoms with E-state index in [9.17, 15) is 14.2 Å². The van der Waals surface area contributed by atoms with Crippen molar-refractivity contribution in [2.45, 2.75) is 6.92 Å². The lowest BCUT2D eigenvalue weighted by Crippen LogP contribution is -2.18. The van der Waals surface area contributed by atoms with Gasteiger partial charge in [0.2, 0.25) is 7.37 Å². The van der Waals surface area contributed by atoms with Gasteiger partial charge in [-0.25, -0.2) is 0 Å². The highest BCUT2D eigenvalue weighted by atomic mass is 31.2. The summed E-state index contributed by atoms with van der Waals surface area (Å²) in [5, 5.41) is 0. The maximum Gasteiger partial charge on any atom is 0.315 e. The monoisotopic (exact) mass is 290 g/mol. The van der Waals surface area contributed by atoms with Gasteiger partial charge in [0.15, 0.2) is 0 Å². The third-order valence-electron chi connectivity index (χ3n) is 1.83. The van der Waals surface area contributed by atoms with Gasteiger partial charge in [-0.2, -0.15) is 0 Å². The lowest BCUT2D eigenvalue weighted by Gasteiger charge is -2.16. The Morgan fingerprint density at radius 2 is 1.47 bits per heavy atom. The third-order valence-corrected chi connectivity index (χ3v) is 4.04. The van der Waals surface area contributed by atoms with E-state index in [1.807, 2.05) is 0 Å². The van der Waals surface area contributed by atoms with Crippen LogP contribution in [0.25, 0.3) is 0 Å². The van der Waals surface area contributed by atoms with E-state index >= 15 is 0 Å². The first kappa shape index (κ1) is 17.6. The number of esters is 2. The molecule has 0 aromatic carbocycles. The predicted molar refractivity (Wildman–Crippen MR) is 71.3 cm³/mol. The van der Waals surface area contributed by atoms with E-state index in [-0.39, 0.29) is 19.8 Å². The highest BCUT2D eigenvalue weighted by Gasteiger charge is 2.31. The van der Waals surface area contributed by atoms with Crippen molar-refractivity contribution in [2.75, 3.05) is 32.1 Å². The SMILES string of the molecule is C=CCOC(=O)CP(=O)(CC(=O)OCC=C)OCC. The van der Waals surface area contributed by atoms with E-state index in [1.54, 1.807) is 6.92 Å². The fraction of sp³-hybridized carbons (Fsp3) is 0.500. The van der Waals surface area contributed by atoms with Crippen LogP contribution in [0.3, 0.4) is 0 Å². The molecule has 0 aromatic heterocycles. The lowest BCUT2D eigenvalue weighted by atomic mass is 10.7. The Morgan fingerprint density at radius 3 is 1.79 bits per heavy atom. The first-order valence-electron chi connectivity index (χ1n) is 5.73. The summed E-state index contributed by atoms with van der Waals surface area (Å²) in [6.45, 7) is 8.56. The molecule has 6 nitrogen and oxygen atoms in total. The van der Waals surface area contributed by atoms with Crippen LogP contribution < -0.4 is 0 Å². The first-order valence-corrected chi connectivity index (χ1v) is 7.72. The average molecular weight is 290 g/mol. The Labute approximate surface area is 112 Å². The first-order chi connectivity index (χ1) is 8.97. The van der Waals surface area contributed by atoms with Crippen LogP contribution in [-0.4, -0.2) is 44.1 Å². The van der Waals surface area contributed by atoms with Gasteiger partial charge < -0.3 is 14.0 Å². The average Bonchev–Trinajstić information content (AvgIpc) is 2.33.